The van der Waals surface area contributed by atoms with Crippen LogP contribution in [-0.2, 0) is 6.54 Å². The molecule has 1 aliphatic carbocycles. The number of hydrogen-bond donors (Lipinski definition) is 1. The summed E-state index contributed by atoms with van der Waals surface area (Å²) in [6.45, 7) is 6.66. The van der Waals surface area contributed by atoms with E-state index in [0.717, 1.165) is 6.54 Å². The van der Waals surface area contributed by atoms with Gasteiger partial charge in [-0.3, -0.25) is 0 Å². The summed E-state index contributed by atoms with van der Waals surface area (Å²) in [4.78, 5) is 0. The number of nitrogens with one attached hydrogen (secondary N) is 1. The summed E-state index contributed by atoms with van der Waals surface area (Å²) in [6.07, 6.45) is 2.79. The Morgan fingerprint density at radius 1 is 1.21 bits per heavy atom. The van der Waals surface area contributed by atoms with Gasteiger partial charge in [0.1, 0.15) is 0 Å². The Hall–Kier alpha value is -0.820. The number of rotatable bonds is 4. The molecule has 0 spiro atoms. The van der Waals surface area contributed by atoms with Crippen LogP contribution in [-0.4, -0.2) is 6.54 Å². The van der Waals surface area contributed by atoms with Gasteiger partial charge in [-0.25, -0.2) is 0 Å². The van der Waals surface area contributed by atoms with Crippen LogP contribution < -0.4 is 5.32 Å². The molecule has 1 aliphatic rings. The van der Waals surface area contributed by atoms with Crippen molar-refractivity contribution < 1.29 is 0 Å². The molecule has 1 aromatic carbocycles. The zero-order valence-electron chi connectivity index (χ0n) is 9.14. The maximum absolute atomic E-state index is 3.52. The fourth-order valence-corrected chi connectivity index (χ4v) is 1.60. The van der Waals surface area contributed by atoms with Crippen LogP contribution >= 0.6 is 0 Å². The monoisotopic (exact) mass is 189 g/mol. The van der Waals surface area contributed by atoms with Crippen LogP contribution in [0.25, 0.3) is 0 Å². The van der Waals surface area contributed by atoms with Gasteiger partial charge >= 0.3 is 0 Å². The maximum atomic E-state index is 3.52. The van der Waals surface area contributed by atoms with Crippen molar-refractivity contribution >= 4 is 0 Å². The minimum Gasteiger partial charge on any atom is -0.312 e. The van der Waals surface area contributed by atoms with Gasteiger partial charge in [-0.2, -0.15) is 0 Å². The molecule has 0 amide bonds. The lowest BCUT2D eigenvalue weighted by atomic mass is 10.1. The molecule has 1 saturated carbocycles. The number of hydrogen-bond acceptors (Lipinski definition) is 1. The smallest absolute Gasteiger partial charge is 0.0205 e. The highest BCUT2D eigenvalue weighted by Gasteiger charge is 2.36. The molecule has 1 nitrogen and oxygen atoms in total. The molecular weight excluding hydrogens is 170 g/mol. The van der Waals surface area contributed by atoms with Crippen LogP contribution in [0.2, 0.25) is 0 Å². The predicted molar refractivity (Wildman–Crippen MR) is 60.2 cm³/mol. The molecule has 1 heteroatoms. The van der Waals surface area contributed by atoms with Crippen molar-refractivity contribution in [3.63, 3.8) is 0 Å². The molecule has 0 heterocycles. The molecule has 1 fully saturated rings. The molecule has 0 radical (unpaired) electrons. The highest BCUT2D eigenvalue weighted by Crippen LogP contribution is 2.44. The second-order valence-electron chi connectivity index (χ2n) is 4.90. The summed E-state index contributed by atoms with van der Waals surface area (Å²) in [7, 11) is 0. The van der Waals surface area contributed by atoms with Crippen molar-refractivity contribution in [3.8, 4) is 0 Å². The minimum absolute atomic E-state index is 0.616. The standard InChI is InChI=1S/C13H19N/c1-11-3-5-12(6-4-11)9-14-10-13(2)7-8-13/h3-6,14H,7-10H2,1-2H3. The van der Waals surface area contributed by atoms with Crippen LogP contribution in [0.4, 0.5) is 0 Å². The average molecular weight is 189 g/mol. The zero-order chi connectivity index (χ0) is 10.0. The maximum Gasteiger partial charge on any atom is 0.0205 e. The number of aryl methyl sites for hydroxylation is 1. The van der Waals surface area contributed by atoms with Crippen molar-refractivity contribution in [2.24, 2.45) is 5.41 Å². The summed E-state index contributed by atoms with van der Waals surface area (Å²) >= 11 is 0. The van der Waals surface area contributed by atoms with Crippen LogP contribution in [0.3, 0.4) is 0 Å². The molecule has 0 aliphatic heterocycles. The molecule has 0 saturated heterocycles. The van der Waals surface area contributed by atoms with Crippen LogP contribution in [0.5, 0.6) is 0 Å². The topological polar surface area (TPSA) is 12.0 Å². The first-order chi connectivity index (χ1) is 6.68. The van der Waals surface area contributed by atoms with E-state index in [1.807, 2.05) is 0 Å². The Morgan fingerprint density at radius 3 is 2.43 bits per heavy atom. The first-order valence-corrected chi connectivity index (χ1v) is 5.44. The van der Waals surface area contributed by atoms with E-state index in [4.69, 9.17) is 0 Å². The fraction of sp³-hybridized carbons (Fsp3) is 0.538. The molecule has 14 heavy (non-hydrogen) atoms. The lowest BCUT2D eigenvalue weighted by molar-refractivity contribution is 0.499. The normalized spacial score (nSPS) is 18.1. The average Bonchev–Trinajstić information content (AvgIpc) is 2.88. The van der Waals surface area contributed by atoms with Crippen molar-refractivity contribution in [3.05, 3.63) is 35.4 Å². The largest absolute Gasteiger partial charge is 0.312 e. The van der Waals surface area contributed by atoms with Gasteiger partial charge < -0.3 is 5.32 Å². The SMILES string of the molecule is Cc1ccc(CNCC2(C)CC2)cc1. The van der Waals surface area contributed by atoms with Gasteiger partial charge in [-0.1, -0.05) is 36.8 Å². The molecule has 1 aromatic rings. The van der Waals surface area contributed by atoms with E-state index in [1.54, 1.807) is 0 Å². The molecular formula is C13H19N. The van der Waals surface area contributed by atoms with E-state index < -0.39 is 0 Å². The Bertz CT molecular complexity index is 296. The van der Waals surface area contributed by atoms with Gasteiger partial charge in [-0.15, -0.1) is 0 Å². The van der Waals surface area contributed by atoms with E-state index in [2.05, 4.69) is 43.4 Å². The quantitative estimate of drug-likeness (QED) is 0.768. The Labute approximate surface area is 86.5 Å². The van der Waals surface area contributed by atoms with Crippen LogP contribution in [0, 0.1) is 12.3 Å². The molecule has 0 bridgehead atoms. The summed E-state index contributed by atoms with van der Waals surface area (Å²) < 4.78 is 0. The molecule has 76 valence electrons. The van der Waals surface area contributed by atoms with Gasteiger partial charge in [-0.05, 0) is 30.7 Å². The Morgan fingerprint density at radius 2 is 1.86 bits per heavy atom. The second-order valence-corrected chi connectivity index (χ2v) is 4.90. The third-order valence-corrected chi connectivity index (χ3v) is 3.11. The van der Waals surface area contributed by atoms with Crippen molar-refractivity contribution in [1.29, 1.82) is 0 Å². The van der Waals surface area contributed by atoms with E-state index in [1.165, 1.54) is 30.5 Å². The van der Waals surface area contributed by atoms with E-state index in [9.17, 15) is 0 Å². The van der Waals surface area contributed by atoms with Crippen LogP contribution in [0.1, 0.15) is 30.9 Å². The Kier molecular flexibility index (Phi) is 2.60. The summed E-state index contributed by atoms with van der Waals surface area (Å²) in [5.41, 5.74) is 3.34. The highest BCUT2D eigenvalue weighted by atomic mass is 14.9. The van der Waals surface area contributed by atoms with Crippen LogP contribution in [0.15, 0.2) is 24.3 Å². The van der Waals surface area contributed by atoms with Crippen molar-refractivity contribution in [2.45, 2.75) is 33.2 Å². The first kappa shape index (κ1) is 9.72. The molecule has 2 rings (SSSR count). The summed E-state index contributed by atoms with van der Waals surface area (Å²) in [6, 6.07) is 8.76. The van der Waals surface area contributed by atoms with Gasteiger partial charge in [0, 0.05) is 13.1 Å². The summed E-state index contributed by atoms with van der Waals surface area (Å²) in [5.74, 6) is 0. The van der Waals surface area contributed by atoms with E-state index >= 15 is 0 Å². The van der Waals surface area contributed by atoms with Crippen molar-refractivity contribution in [2.75, 3.05) is 6.54 Å². The van der Waals surface area contributed by atoms with Gasteiger partial charge in [0.05, 0.1) is 0 Å². The Balaban J connectivity index is 1.77. The van der Waals surface area contributed by atoms with E-state index in [0.29, 0.717) is 5.41 Å². The molecule has 1 N–H and O–H groups in total. The molecule has 0 atom stereocenters. The third-order valence-electron chi connectivity index (χ3n) is 3.11. The minimum atomic E-state index is 0.616. The zero-order valence-corrected chi connectivity index (χ0v) is 9.14. The van der Waals surface area contributed by atoms with E-state index in [-0.39, 0.29) is 0 Å². The lowest BCUT2D eigenvalue weighted by Crippen LogP contribution is -2.21. The highest BCUT2D eigenvalue weighted by molar-refractivity contribution is 5.21. The van der Waals surface area contributed by atoms with Gasteiger partial charge in [0.15, 0.2) is 0 Å². The third kappa shape index (κ3) is 2.58. The van der Waals surface area contributed by atoms with Crippen molar-refractivity contribution in [1.82, 2.24) is 5.32 Å². The number of benzene rings is 1. The summed E-state index contributed by atoms with van der Waals surface area (Å²) in [5, 5.41) is 3.52. The second kappa shape index (κ2) is 3.74. The lowest BCUT2D eigenvalue weighted by Gasteiger charge is -2.09. The fourth-order valence-electron chi connectivity index (χ4n) is 1.60. The first-order valence-electron chi connectivity index (χ1n) is 5.44. The molecule has 0 aromatic heterocycles. The predicted octanol–water partition coefficient (Wildman–Crippen LogP) is 2.88. The van der Waals surface area contributed by atoms with Gasteiger partial charge in [0.25, 0.3) is 0 Å². The molecule has 0 unspecified atom stereocenters. The van der Waals surface area contributed by atoms with Gasteiger partial charge in [0.2, 0.25) is 0 Å².